The molecular weight excluding hydrogens is 295 g/mol. The van der Waals surface area contributed by atoms with Gasteiger partial charge in [-0.3, -0.25) is 4.79 Å². The Morgan fingerprint density at radius 2 is 2.10 bits per heavy atom. The van der Waals surface area contributed by atoms with E-state index >= 15 is 0 Å². The summed E-state index contributed by atoms with van der Waals surface area (Å²) in [6, 6.07) is 10.6. The number of hydrogen-bond acceptors (Lipinski definition) is 2. The number of halogens is 2. The first-order valence-electron chi connectivity index (χ1n) is 6.28. The highest BCUT2D eigenvalue weighted by molar-refractivity contribution is 6.30. The molecule has 0 bridgehead atoms. The SMILES string of the molecule is CCC(NC(=O)c1ccnc(Cl)c1)c1cccc(Cl)c1. The summed E-state index contributed by atoms with van der Waals surface area (Å²) in [5.41, 5.74) is 1.47. The number of nitrogens with one attached hydrogen (secondary N) is 1. The second kappa shape index (κ2) is 6.73. The molecule has 2 aromatic rings. The van der Waals surface area contributed by atoms with E-state index in [1.807, 2.05) is 31.2 Å². The zero-order valence-corrected chi connectivity index (χ0v) is 12.4. The maximum atomic E-state index is 12.2. The summed E-state index contributed by atoms with van der Waals surface area (Å²) in [6.45, 7) is 2.01. The number of rotatable bonds is 4. The molecule has 0 saturated heterocycles. The molecule has 0 aliphatic heterocycles. The molecule has 0 aliphatic carbocycles. The van der Waals surface area contributed by atoms with Crippen molar-refractivity contribution < 1.29 is 4.79 Å². The van der Waals surface area contributed by atoms with E-state index in [2.05, 4.69) is 10.3 Å². The molecule has 1 unspecified atom stereocenters. The predicted molar refractivity (Wildman–Crippen MR) is 81.2 cm³/mol. The van der Waals surface area contributed by atoms with Crippen LogP contribution >= 0.6 is 23.2 Å². The van der Waals surface area contributed by atoms with Gasteiger partial charge in [-0.05, 0) is 36.2 Å². The number of hydrogen-bond donors (Lipinski definition) is 1. The van der Waals surface area contributed by atoms with Crippen LogP contribution in [0.1, 0.15) is 35.3 Å². The number of amides is 1. The molecule has 2 rings (SSSR count). The second-order valence-corrected chi connectivity index (χ2v) is 5.18. The first-order chi connectivity index (χ1) is 9.60. The zero-order valence-electron chi connectivity index (χ0n) is 10.9. The van der Waals surface area contributed by atoms with E-state index in [4.69, 9.17) is 23.2 Å². The number of carbonyl (C=O) groups excluding carboxylic acids is 1. The van der Waals surface area contributed by atoms with Crippen LogP contribution in [0.4, 0.5) is 0 Å². The molecule has 104 valence electrons. The number of aromatic nitrogens is 1. The first-order valence-corrected chi connectivity index (χ1v) is 7.03. The molecular formula is C15H14Cl2N2O. The molecule has 1 atom stereocenters. The van der Waals surface area contributed by atoms with Crippen LogP contribution < -0.4 is 5.32 Å². The lowest BCUT2D eigenvalue weighted by molar-refractivity contribution is 0.0935. The van der Waals surface area contributed by atoms with Gasteiger partial charge < -0.3 is 5.32 Å². The summed E-state index contributed by atoms with van der Waals surface area (Å²) in [4.78, 5) is 16.1. The zero-order chi connectivity index (χ0) is 14.5. The first kappa shape index (κ1) is 14.8. The van der Waals surface area contributed by atoms with Gasteiger partial charge in [-0.15, -0.1) is 0 Å². The highest BCUT2D eigenvalue weighted by Gasteiger charge is 2.14. The van der Waals surface area contributed by atoms with Gasteiger partial charge in [0.15, 0.2) is 0 Å². The van der Waals surface area contributed by atoms with E-state index in [9.17, 15) is 4.79 Å². The van der Waals surface area contributed by atoms with Crippen LogP contribution in [0.3, 0.4) is 0 Å². The molecule has 0 radical (unpaired) electrons. The monoisotopic (exact) mass is 308 g/mol. The van der Waals surface area contributed by atoms with Gasteiger partial charge in [-0.1, -0.05) is 42.3 Å². The van der Waals surface area contributed by atoms with Gasteiger partial charge in [-0.25, -0.2) is 4.98 Å². The standard InChI is InChI=1S/C15H14Cl2N2O/c1-2-13(10-4-3-5-12(16)8-10)19-15(20)11-6-7-18-14(17)9-11/h3-9,13H,2H2,1H3,(H,19,20). The lowest BCUT2D eigenvalue weighted by Gasteiger charge is -2.17. The molecule has 0 spiro atoms. The number of nitrogens with zero attached hydrogens (tertiary/aromatic N) is 1. The molecule has 1 heterocycles. The third kappa shape index (κ3) is 3.71. The van der Waals surface area contributed by atoms with Crippen molar-refractivity contribution in [2.24, 2.45) is 0 Å². The van der Waals surface area contributed by atoms with Crippen LogP contribution in [0.15, 0.2) is 42.6 Å². The Bertz CT molecular complexity index is 616. The van der Waals surface area contributed by atoms with Crippen molar-refractivity contribution in [2.45, 2.75) is 19.4 Å². The Morgan fingerprint density at radius 1 is 1.30 bits per heavy atom. The normalized spacial score (nSPS) is 11.9. The Kier molecular flexibility index (Phi) is 4.99. The fourth-order valence-corrected chi connectivity index (χ4v) is 2.30. The van der Waals surface area contributed by atoms with Crippen LogP contribution in [0.25, 0.3) is 0 Å². The lowest BCUT2D eigenvalue weighted by atomic mass is 10.0. The van der Waals surface area contributed by atoms with Gasteiger partial charge in [0.05, 0.1) is 6.04 Å². The van der Waals surface area contributed by atoms with Gasteiger partial charge in [-0.2, -0.15) is 0 Å². The molecule has 3 nitrogen and oxygen atoms in total. The lowest BCUT2D eigenvalue weighted by Crippen LogP contribution is -2.28. The molecule has 1 amide bonds. The number of benzene rings is 1. The van der Waals surface area contributed by atoms with E-state index in [-0.39, 0.29) is 11.9 Å². The highest BCUT2D eigenvalue weighted by Crippen LogP contribution is 2.21. The van der Waals surface area contributed by atoms with Crippen molar-refractivity contribution >= 4 is 29.1 Å². The minimum atomic E-state index is -0.180. The fraction of sp³-hybridized carbons (Fsp3) is 0.200. The average molecular weight is 309 g/mol. The Balaban J connectivity index is 2.16. The molecule has 0 fully saturated rings. The van der Waals surface area contributed by atoms with Crippen LogP contribution in [-0.4, -0.2) is 10.9 Å². The second-order valence-electron chi connectivity index (χ2n) is 4.36. The molecule has 1 aromatic carbocycles. The van der Waals surface area contributed by atoms with Crippen LogP contribution in [0.5, 0.6) is 0 Å². The third-order valence-corrected chi connectivity index (χ3v) is 3.40. The Labute approximate surface area is 127 Å². The van der Waals surface area contributed by atoms with Gasteiger partial charge in [0, 0.05) is 16.8 Å². The van der Waals surface area contributed by atoms with Crippen LogP contribution in [0, 0.1) is 0 Å². The molecule has 5 heteroatoms. The highest BCUT2D eigenvalue weighted by atomic mass is 35.5. The number of pyridine rings is 1. The summed E-state index contributed by atoms with van der Waals surface area (Å²) in [6.07, 6.45) is 2.28. The molecule has 20 heavy (non-hydrogen) atoms. The van der Waals surface area contributed by atoms with Crippen molar-refractivity contribution in [3.05, 3.63) is 63.9 Å². The molecule has 1 N–H and O–H groups in total. The molecule has 0 aliphatic rings. The van der Waals surface area contributed by atoms with E-state index < -0.39 is 0 Å². The smallest absolute Gasteiger partial charge is 0.251 e. The molecule has 0 saturated carbocycles. The summed E-state index contributed by atoms with van der Waals surface area (Å²) in [5.74, 6) is -0.180. The van der Waals surface area contributed by atoms with E-state index in [1.54, 1.807) is 12.1 Å². The summed E-state index contributed by atoms with van der Waals surface area (Å²) in [5, 5.41) is 3.92. The summed E-state index contributed by atoms with van der Waals surface area (Å²) >= 11 is 11.8. The largest absolute Gasteiger partial charge is 0.345 e. The van der Waals surface area contributed by atoms with Crippen LogP contribution in [-0.2, 0) is 0 Å². The van der Waals surface area contributed by atoms with Crippen molar-refractivity contribution in [3.63, 3.8) is 0 Å². The minimum Gasteiger partial charge on any atom is -0.345 e. The van der Waals surface area contributed by atoms with Crippen molar-refractivity contribution in [1.82, 2.24) is 10.3 Å². The van der Waals surface area contributed by atoms with Crippen molar-refractivity contribution in [2.75, 3.05) is 0 Å². The van der Waals surface area contributed by atoms with E-state index in [0.29, 0.717) is 15.7 Å². The Morgan fingerprint density at radius 3 is 2.75 bits per heavy atom. The van der Waals surface area contributed by atoms with E-state index in [1.165, 1.54) is 6.20 Å². The fourth-order valence-electron chi connectivity index (χ4n) is 1.93. The third-order valence-electron chi connectivity index (χ3n) is 2.95. The predicted octanol–water partition coefficient (Wildman–Crippen LogP) is 4.27. The maximum Gasteiger partial charge on any atom is 0.251 e. The minimum absolute atomic E-state index is 0.0897. The maximum absolute atomic E-state index is 12.2. The molecule has 1 aromatic heterocycles. The summed E-state index contributed by atoms with van der Waals surface area (Å²) in [7, 11) is 0. The van der Waals surface area contributed by atoms with Crippen molar-refractivity contribution in [3.8, 4) is 0 Å². The topological polar surface area (TPSA) is 42.0 Å². The Hall–Kier alpha value is -1.58. The van der Waals surface area contributed by atoms with Gasteiger partial charge in [0.1, 0.15) is 5.15 Å². The number of carbonyl (C=O) groups is 1. The van der Waals surface area contributed by atoms with Gasteiger partial charge >= 0.3 is 0 Å². The quantitative estimate of drug-likeness (QED) is 0.857. The van der Waals surface area contributed by atoms with Gasteiger partial charge in [0.25, 0.3) is 5.91 Å². The average Bonchev–Trinajstić information content (AvgIpc) is 2.44. The van der Waals surface area contributed by atoms with Crippen LogP contribution in [0.2, 0.25) is 10.2 Å². The van der Waals surface area contributed by atoms with Crippen molar-refractivity contribution in [1.29, 1.82) is 0 Å². The van der Waals surface area contributed by atoms with Gasteiger partial charge in [0.2, 0.25) is 0 Å². The van der Waals surface area contributed by atoms with E-state index in [0.717, 1.165) is 12.0 Å². The summed E-state index contributed by atoms with van der Waals surface area (Å²) < 4.78 is 0.